The molecule has 0 aliphatic rings. The lowest BCUT2D eigenvalue weighted by Gasteiger charge is -2.04. The van der Waals surface area contributed by atoms with E-state index < -0.39 is 8.07 Å². The van der Waals surface area contributed by atoms with E-state index in [0.29, 0.717) is 5.56 Å². The van der Waals surface area contributed by atoms with Gasteiger partial charge in [0.05, 0.1) is 0 Å². The van der Waals surface area contributed by atoms with E-state index in [4.69, 9.17) is 0 Å². The lowest BCUT2D eigenvalue weighted by Crippen LogP contribution is -2.17. The molecule has 0 fully saturated rings. The lowest BCUT2D eigenvalue weighted by atomic mass is 10.0. The summed E-state index contributed by atoms with van der Waals surface area (Å²) in [5.41, 5.74) is 7.78. The van der Waals surface area contributed by atoms with Crippen LogP contribution in [0.2, 0.25) is 19.6 Å². The van der Waals surface area contributed by atoms with Gasteiger partial charge in [-0.1, -0.05) is 61.3 Å². The van der Waals surface area contributed by atoms with Gasteiger partial charge in [0.2, 0.25) is 5.78 Å². The average Bonchev–Trinajstić information content (AvgIpc) is 2.51. The Balaban J connectivity index is 2.38. The maximum Gasteiger partial charge on any atom is 0.236 e. The molecular formula is C22H22OSi. The third-order valence-electron chi connectivity index (χ3n) is 3.44. The molecule has 120 valence electrons. The summed E-state index contributed by atoms with van der Waals surface area (Å²) in [4.78, 5) is 12.4. The van der Waals surface area contributed by atoms with Crippen molar-refractivity contribution < 1.29 is 4.79 Å². The Labute approximate surface area is 146 Å². The SMILES string of the molecule is Cc1ccc(C#Cc2ccccc2C(=O)C#C[Si](C)(C)C)c(C)c1. The number of rotatable bonds is 1. The molecular weight excluding hydrogens is 308 g/mol. The molecule has 0 N–H and O–H groups in total. The molecule has 0 radical (unpaired) electrons. The number of aryl methyl sites for hydroxylation is 2. The van der Waals surface area contributed by atoms with Crippen molar-refractivity contribution in [1.29, 1.82) is 0 Å². The molecule has 0 heterocycles. The summed E-state index contributed by atoms with van der Waals surface area (Å²) >= 11 is 0. The molecule has 0 atom stereocenters. The van der Waals surface area contributed by atoms with Crippen LogP contribution >= 0.6 is 0 Å². The van der Waals surface area contributed by atoms with E-state index in [1.54, 1.807) is 6.07 Å². The van der Waals surface area contributed by atoms with Gasteiger partial charge in [-0.3, -0.25) is 4.79 Å². The average molecular weight is 331 g/mol. The topological polar surface area (TPSA) is 17.1 Å². The second-order valence-electron chi connectivity index (χ2n) is 6.94. The van der Waals surface area contributed by atoms with Gasteiger partial charge in [-0.05, 0) is 43.5 Å². The fourth-order valence-electron chi connectivity index (χ4n) is 2.19. The number of hydrogen-bond acceptors (Lipinski definition) is 1. The van der Waals surface area contributed by atoms with E-state index in [-0.39, 0.29) is 5.78 Å². The van der Waals surface area contributed by atoms with E-state index in [1.165, 1.54) is 5.56 Å². The molecule has 0 spiro atoms. The van der Waals surface area contributed by atoms with Gasteiger partial charge >= 0.3 is 0 Å². The van der Waals surface area contributed by atoms with Gasteiger partial charge in [0.25, 0.3) is 0 Å². The van der Waals surface area contributed by atoms with E-state index in [2.05, 4.69) is 55.9 Å². The van der Waals surface area contributed by atoms with Crippen LogP contribution in [0.25, 0.3) is 0 Å². The Morgan fingerprint density at radius 1 is 0.917 bits per heavy atom. The number of carbonyl (C=O) groups excluding carboxylic acids is 1. The van der Waals surface area contributed by atoms with Gasteiger partial charge in [-0.2, -0.15) is 0 Å². The third kappa shape index (κ3) is 4.98. The molecule has 2 rings (SSSR count). The molecule has 0 saturated carbocycles. The monoisotopic (exact) mass is 330 g/mol. The first-order chi connectivity index (χ1) is 11.3. The van der Waals surface area contributed by atoms with E-state index in [0.717, 1.165) is 16.7 Å². The molecule has 0 unspecified atom stereocenters. The minimum atomic E-state index is -1.57. The van der Waals surface area contributed by atoms with E-state index >= 15 is 0 Å². The second kappa shape index (κ2) is 7.34. The van der Waals surface area contributed by atoms with Crippen LogP contribution in [-0.4, -0.2) is 13.9 Å². The molecule has 2 heteroatoms. The van der Waals surface area contributed by atoms with Gasteiger partial charge < -0.3 is 0 Å². The number of carbonyl (C=O) groups is 1. The highest BCUT2D eigenvalue weighted by atomic mass is 28.3. The van der Waals surface area contributed by atoms with Gasteiger partial charge in [0, 0.05) is 16.7 Å². The highest BCUT2D eigenvalue weighted by Crippen LogP contribution is 2.12. The van der Waals surface area contributed by atoms with Crippen molar-refractivity contribution >= 4 is 13.9 Å². The van der Waals surface area contributed by atoms with Crippen LogP contribution < -0.4 is 0 Å². The standard InChI is InChI=1S/C22H22OSi/c1-17-10-11-19(18(2)16-17)12-13-20-8-6-7-9-21(20)22(23)14-15-24(3,4)5/h6-11,16H,1-5H3. The van der Waals surface area contributed by atoms with Crippen LogP contribution in [0.5, 0.6) is 0 Å². The summed E-state index contributed by atoms with van der Waals surface area (Å²) < 4.78 is 0. The zero-order valence-electron chi connectivity index (χ0n) is 14.9. The quantitative estimate of drug-likeness (QED) is 0.418. The van der Waals surface area contributed by atoms with Crippen molar-refractivity contribution in [2.45, 2.75) is 33.5 Å². The lowest BCUT2D eigenvalue weighted by molar-refractivity contribution is 0.105. The Kier molecular flexibility index (Phi) is 5.45. The van der Waals surface area contributed by atoms with Crippen LogP contribution in [0.3, 0.4) is 0 Å². The summed E-state index contributed by atoms with van der Waals surface area (Å²) in [7, 11) is -1.57. The van der Waals surface area contributed by atoms with Crippen LogP contribution in [-0.2, 0) is 0 Å². The summed E-state index contributed by atoms with van der Waals surface area (Å²) in [6.07, 6.45) is 0. The maximum absolute atomic E-state index is 12.4. The van der Waals surface area contributed by atoms with Gasteiger partial charge in [-0.25, -0.2) is 0 Å². The summed E-state index contributed by atoms with van der Waals surface area (Å²) in [6, 6.07) is 13.6. The summed E-state index contributed by atoms with van der Waals surface area (Å²) in [5, 5.41) is 0. The Morgan fingerprint density at radius 3 is 2.25 bits per heavy atom. The van der Waals surface area contributed by atoms with Crippen molar-refractivity contribution in [3.8, 4) is 23.3 Å². The molecule has 0 saturated heterocycles. The number of benzene rings is 2. The van der Waals surface area contributed by atoms with Crippen LogP contribution in [0.1, 0.15) is 32.6 Å². The summed E-state index contributed by atoms with van der Waals surface area (Å²) in [5.74, 6) is 8.97. The molecule has 0 aliphatic heterocycles. The highest BCUT2D eigenvalue weighted by Gasteiger charge is 2.11. The molecule has 24 heavy (non-hydrogen) atoms. The van der Waals surface area contributed by atoms with Crippen molar-refractivity contribution in [3.63, 3.8) is 0 Å². The minimum Gasteiger partial charge on any atom is -0.279 e. The smallest absolute Gasteiger partial charge is 0.236 e. The summed E-state index contributed by atoms with van der Waals surface area (Å²) in [6.45, 7) is 10.5. The number of Topliss-reactive ketones (excluding diaryl/α,β-unsaturated/α-hetero) is 1. The minimum absolute atomic E-state index is 0.150. The molecule has 1 nitrogen and oxygen atoms in total. The second-order valence-corrected chi connectivity index (χ2v) is 11.7. The third-order valence-corrected chi connectivity index (χ3v) is 4.31. The van der Waals surface area contributed by atoms with Crippen molar-refractivity contribution in [2.75, 3.05) is 0 Å². The normalized spacial score (nSPS) is 10.2. The fraction of sp³-hybridized carbons (Fsp3) is 0.227. The first-order valence-electron chi connectivity index (χ1n) is 8.02. The predicted octanol–water partition coefficient (Wildman–Crippen LogP) is 4.77. The highest BCUT2D eigenvalue weighted by molar-refractivity contribution is 6.84. The maximum atomic E-state index is 12.4. The van der Waals surface area contributed by atoms with Crippen molar-refractivity contribution in [1.82, 2.24) is 0 Å². The van der Waals surface area contributed by atoms with Gasteiger partial charge in [0.15, 0.2) is 0 Å². The first-order valence-corrected chi connectivity index (χ1v) is 11.5. The van der Waals surface area contributed by atoms with Crippen LogP contribution in [0.4, 0.5) is 0 Å². The van der Waals surface area contributed by atoms with Crippen LogP contribution in [0.15, 0.2) is 42.5 Å². The van der Waals surface area contributed by atoms with Crippen molar-refractivity contribution in [3.05, 3.63) is 70.3 Å². The fourth-order valence-corrected chi connectivity index (χ4v) is 2.68. The van der Waals surface area contributed by atoms with Crippen LogP contribution in [0, 0.1) is 37.2 Å². The van der Waals surface area contributed by atoms with E-state index in [9.17, 15) is 4.79 Å². The zero-order chi connectivity index (χ0) is 17.7. The Hall–Kier alpha value is -2.55. The molecule has 0 bridgehead atoms. The van der Waals surface area contributed by atoms with Gasteiger partial charge in [-0.15, -0.1) is 5.54 Å². The molecule has 2 aromatic rings. The molecule has 0 aliphatic carbocycles. The first kappa shape index (κ1) is 17.8. The van der Waals surface area contributed by atoms with E-state index in [1.807, 2.05) is 37.3 Å². The Bertz CT molecular complexity index is 893. The molecule has 0 amide bonds. The number of hydrogen-bond donors (Lipinski definition) is 0. The van der Waals surface area contributed by atoms with Crippen molar-refractivity contribution in [2.24, 2.45) is 0 Å². The largest absolute Gasteiger partial charge is 0.279 e. The predicted molar refractivity (Wildman–Crippen MR) is 104 cm³/mol. The molecule has 0 aromatic heterocycles. The zero-order valence-corrected chi connectivity index (χ0v) is 15.9. The Morgan fingerprint density at radius 2 is 1.58 bits per heavy atom. The number of ketones is 1. The van der Waals surface area contributed by atoms with Gasteiger partial charge in [0.1, 0.15) is 8.07 Å². The molecule has 2 aromatic carbocycles.